The second-order valence-corrected chi connectivity index (χ2v) is 8.65. The average molecular weight is 434 g/mol. The zero-order chi connectivity index (χ0) is 22.1. The SMILES string of the molecule is COc1ccc(CCNC(=O)[C@H](NC(=O)c2c[nH]c3ncc(C4CC4)nc23)C2CC2)cc1. The van der Waals surface area contributed by atoms with Crippen molar-refractivity contribution >= 4 is 23.0 Å². The predicted octanol–water partition coefficient (Wildman–Crippen LogP) is 2.71. The molecule has 2 aliphatic rings. The van der Waals surface area contributed by atoms with Gasteiger partial charge in [0.25, 0.3) is 5.91 Å². The van der Waals surface area contributed by atoms with Crippen LogP contribution in [0.15, 0.2) is 36.7 Å². The van der Waals surface area contributed by atoms with Gasteiger partial charge in [-0.1, -0.05) is 12.1 Å². The third-order valence-electron chi connectivity index (χ3n) is 6.17. The van der Waals surface area contributed by atoms with Gasteiger partial charge in [0.05, 0.1) is 24.6 Å². The van der Waals surface area contributed by atoms with E-state index in [4.69, 9.17) is 4.74 Å². The van der Waals surface area contributed by atoms with Crippen molar-refractivity contribution in [3.63, 3.8) is 0 Å². The molecule has 2 heterocycles. The third-order valence-corrected chi connectivity index (χ3v) is 6.17. The van der Waals surface area contributed by atoms with Crippen molar-refractivity contribution in [2.24, 2.45) is 5.92 Å². The maximum atomic E-state index is 13.0. The second-order valence-electron chi connectivity index (χ2n) is 8.65. The van der Waals surface area contributed by atoms with E-state index < -0.39 is 6.04 Å². The highest BCUT2D eigenvalue weighted by Gasteiger charge is 2.37. The number of aromatic nitrogens is 3. The van der Waals surface area contributed by atoms with Crippen LogP contribution in [0, 0.1) is 5.92 Å². The minimum absolute atomic E-state index is 0.140. The van der Waals surface area contributed by atoms with Gasteiger partial charge in [-0.15, -0.1) is 0 Å². The molecular weight excluding hydrogens is 406 g/mol. The molecule has 3 aromatic rings. The first-order valence-corrected chi connectivity index (χ1v) is 11.2. The van der Waals surface area contributed by atoms with Crippen molar-refractivity contribution in [3.8, 4) is 5.75 Å². The molecule has 0 bridgehead atoms. The van der Waals surface area contributed by atoms with Gasteiger partial charge in [-0.05, 0) is 55.7 Å². The molecule has 8 heteroatoms. The van der Waals surface area contributed by atoms with Crippen molar-refractivity contribution in [3.05, 3.63) is 53.5 Å². The van der Waals surface area contributed by atoms with Gasteiger partial charge in [-0.3, -0.25) is 9.59 Å². The van der Waals surface area contributed by atoms with E-state index in [0.717, 1.165) is 42.7 Å². The minimum Gasteiger partial charge on any atom is -0.497 e. The predicted molar refractivity (Wildman–Crippen MR) is 120 cm³/mol. The van der Waals surface area contributed by atoms with Crippen LogP contribution in [-0.2, 0) is 11.2 Å². The molecule has 2 saturated carbocycles. The highest BCUT2D eigenvalue weighted by Crippen LogP contribution is 2.39. The summed E-state index contributed by atoms with van der Waals surface area (Å²) in [5.74, 6) is 1.01. The van der Waals surface area contributed by atoms with Crippen molar-refractivity contribution in [1.82, 2.24) is 25.6 Å². The Balaban J connectivity index is 1.22. The highest BCUT2D eigenvalue weighted by atomic mass is 16.5. The summed E-state index contributed by atoms with van der Waals surface area (Å²) in [7, 11) is 1.64. The zero-order valence-electron chi connectivity index (χ0n) is 18.1. The lowest BCUT2D eigenvalue weighted by molar-refractivity contribution is -0.123. The van der Waals surface area contributed by atoms with Crippen LogP contribution in [0.5, 0.6) is 5.75 Å². The lowest BCUT2D eigenvalue weighted by atomic mass is 10.1. The molecule has 2 aliphatic carbocycles. The number of ether oxygens (including phenoxy) is 1. The molecule has 0 unspecified atom stereocenters. The van der Waals surface area contributed by atoms with Crippen LogP contribution in [0.1, 0.15) is 53.2 Å². The Morgan fingerprint density at radius 2 is 1.97 bits per heavy atom. The Morgan fingerprint density at radius 1 is 1.19 bits per heavy atom. The Kier molecular flexibility index (Phi) is 5.51. The number of benzene rings is 1. The number of fused-ring (bicyclic) bond motifs is 1. The monoisotopic (exact) mass is 433 g/mol. The van der Waals surface area contributed by atoms with Crippen molar-refractivity contribution in [2.75, 3.05) is 13.7 Å². The van der Waals surface area contributed by atoms with E-state index in [1.54, 1.807) is 19.5 Å². The molecule has 32 heavy (non-hydrogen) atoms. The summed E-state index contributed by atoms with van der Waals surface area (Å²) in [5, 5.41) is 5.93. The fourth-order valence-electron chi connectivity index (χ4n) is 3.93. The second kappa shape index (κ2) is 8.61. The molecule has 0 spiro atoms. The van der Waals surface area contributed by atoms with Crippen LogP contribution < -0.4 is 15.4 Å². The van der Waals surface area contributed by atoms with Crippen molar-refractivity contribution in [2.45, 2.75) is 44.1 Å². The fourth-order valence-corrected chi connectivity index (χ4v) is 3.93. The number of nitrogens with zero attached hydrogens (tertiary/aromatic N) is 2. The topological polar surface area (TPSA) is 109 Å². The Morgan fingerprint density at radius 3 is 2.66 bits per heavy atom. The molecule has 166 valence electrons. The molecule has 3 N–H and O–H groups in total. The summed E-state index contributed by atoms with van der Waals surface area (Å²) >= 11 is 0. The molecule has 0 radical (unpaired) electrons. The molecule has 2 fully saturated rings. The van der Waals surface area contributed by atoms with E-state index in [2.05, 4.69) is 25.6 Å². The molecule has 2 amide bonds. The fraction of sp³-hybridized carbons (Fsp3) is 0.417. The standard InChI is InChI=1S/C24H27N5O3/c1-32-17-8-2-14(3-9-17)10-11-25-24(31)20(16-6-7-16)29-23(30)18-12-26-22-21(18)28-19(13-27-22)15-4-5-15/h2-3,8-9,12-13,15-16,20H,4-7,10-11H2,1H3,(H,25,31)(H,26,27)(H,29,30)/t20-/m1/s1. The van der Waals surface area contributed by atoms with Crippen LogP contribution >= 0.6 is 0 Å². The Labute approximate surface area is 186 Å². The molecule has 1 aromatic carbocycles. The van der Waals surface area contributed by atoms with E-state index in [1.807, 2.05) is 24.3 Å². The zero-order valence-corrected chi connectivity index (χ0v) is 18.1. The van der Waals surface area contributed by atoms with E-state index in [9.17, 15) is 9.59 Å². The minimum atomic E-state index is -0.539. The van der Waals surface area contributed by atoms with Gasteiger partial charge in [0.15, 0.2) is 5.65 Å². The van der Waals surface area contributed by atoms with E-state index >= 15 is 0 Å². The first kappa shape index (κ1) is 20.5. The van der Waals surface area contributed by atoms with Gasteiger partial charge in [0.2, 0.25) is 5.91 Å². The number of aromatic amines is 1. The summed E-state index contributed by atoms with van der Waals surface area (Å²) in [4.78, 5) is 38.0. The average Bonchev–Trinajstić information content (AvgIpc) is 3.74. The number of methoxy groups -OCH3 is 1. The Hall–Kier alpha value is -3.42. The number of H-pyrrole nitrogens is 1. The van der Waals surface area contributed by atoms with E-state index in [1.165, 1.54) is 0 Å². The van der Waals surface area contributed by atoms with Crippen molar-refractivity contribution in [1.29, 1.82) is 0 Å². The maximum absolute atomic E-state index is 13.0. The van der Waals surface area contributed by atoms with E-state index in [0.29, 0.717) is 35.6 Å². The largest absolute Gasteiger partial charge is 0.497 e. The lowest BCUT2D eigenvalue weighted by Gasteiger charge is -2.18. The number of carbonyl (C=O) groups excluding carboxylic acids is 2. The normalized spacial score (nSPS) is 16.5. The molecule has 0 saturated heterocycles. The van der Waals surface area contributed by atoms with Crippen LogP contribution in [-0.4, -0.2) is 46.5 Å². The van der Waals surface area contributed by atoms with E-state index in [-0.39, 0.29) is 17.7 Å². The van der Waals surface area contributed by atoms with Crippen molar-refractivity contribution < 1.29 is 14.3 Å². The van der Waals surface area contributed by atoms with Gasteiger partial charge in [0.1, 0.15) is 17.3 Å². The summed E-state index contributed by atoms with van der Waals surface area (Å²) in [6, 6.07) is 7.24. The quantitative estimate of drug-likeness (QED) is 0.481. The maximum Gasteiger partial charge on any atom is 0.255 e. The third kappa shape index (κ3) is 4.44. The highest BCUT2D eigenvalue weighted by molar-refractivity contribution is 6.06. The first-order chi connectivity index (χ1) is 15.6. The number of amides is 2. The van der Waals surface area contributed by atoms with Gasteiger partial charge in [0, 0.05) is 18.7 Å². The molecule has 1 atom stereocenters. The lowest BCUT2D eigenvalue weighted by Crippen LogP contribution is -2.48. The van der Waals surface area contributed by atoms with Crippen LogP contribution in [0.2, 0.25) is 0 Å². The number of hydrogen-bond donors (Lipinski definition) is 3. The summed E-state index contributed by atoms with van der Waals surface area (Å²) in [6.07, 6.45) is 8.23. The summed E-state index contributed by atoms with van der Waals surface area (Å²) in [6.45, 7) is 0.508. The van der Waals surface area contributed by atoms with Crippen LogP contribution in [0.25, 0.3) is 11.2 Å². The smallest absolute Gasteiger partial charge is 0.255 e. The summed E-state index contributed by atoms with van der Waals surface area (Å²) in [5.41, 5.74) is 3.64. The van der Waals surface area contributed by atoms with Gasteiger partial charge >= 0.3 is 0 Å². The molecule has 0 aliphatic heterocycles. The summed E-state index contributed by atoms with van der Waals surface area (Å²) < 4.78 is 5.17. The molecule has 2 aromatic heterocycles. The number of rotatable bonds is 9. The van der Waals surface area contributed by atoms with Gasteiger partial charge in [-0.2, -0.15) is 0 Å². The van der Waals surface area contributed by atoms with Crippen LogP contribution in [0.3, 0.4) is 0 Å². The van der Waals surface area contributed by atoms with Gasteiger partial charge in [-0.25, -0.2) is 9.97 Å². The number of nitrogens with one attached hydrogen (secondary N) is 3. The Bertz CT molecular complexity index is 1130. The number of hydrogen-bond acceptors (Lipinski definition) is 5. The molecule has 5 rings (SSSR count). The molecule has 8 nitrogen and oxygen atoms in total. The number of carbonyl (C=O) groups is 2. The van der Waals surface area contributed by atoms with Crippen LogP contribution in [0.4, 0.5) is 0 Å². The van der Waals surface area contributed by atoms with Gasteiger partial charge < -0.3 is 20.4 Å². The molecular formula is C24H27N5O3. The first-order valence-electron chi connectivity index (χ1n) is 11.2.